The molecule has 0 radical (unpaired) electrons. The van der Waals surface area contributed by atoms with Crippen LogP contribution in [0.1, 0.15) is 58.8 Å². The van der Waals surface area contributed by atoms with E-state index in [1.807, 2.05) is 0 Å². The van der Waals surface area contributed by atoms with Gasteiger partial charge in [-0.3, -0.25) is 0 Å². The third kappa shape index (κ3) is 9.05. The molecule has 28 heavy (non-hydrogen) atoms. The molecule has 1 aliphatic rings. The highest BCUT2D eigenvalue weighted by Gasteiger charge is 2.47. The van der Waals surface area contributed by atoms with E-state index in [9.17, 15) is 10.2 Å². The molecule has 164 valence electrons. The van der Waals surface area contributed by atoms with Crippen molar-refractivity contribution in [1.82, 2.24) is 0 Å². The van der Waals surface area contributed by atoms with Gasteiger partial charge in [0.15, 0.2) is 6.29 Å². The predicted molar refractivity (Wildman–Crippen MR) is 105 cm³/mol. The molecule has 9 heteroatoms. The van der Waals surface area contributed by atoms with Gasteiger partial charge >= 0.3 is 0 Å². The van der Waals surface area contributed by atoms with Crippen molar-refractivity contribution in [3.8, 4) is 0 Å². The van der Waals surface area contributed by atoms with Crippen LogP contribution in [0.4, 0.5) is 0 Å². The molecule has 1 heterocycles. The SMILES string of the molecule is CCCCOC1[C@@H](OCCCCCN=[N+]=[N-])OC(CO)[C@H](O)[C@@H]1OCCCC. The van der Waals surface area contributed by atoms with Gasteiger partial charge in [-0.1, -0.05) is 38.2 Å². The molecule has 0 aliphatic carbocycles. The van der Waals surface area contributed by atoms with Gasteiger partial charge in [0.25, 0.3) is 0 Å². The molecule has 0 aromatic rings. The number of aliphatic hydroxyl groups is 2. The lowest BCUT2D eigenvalue weighted by atomic mass is 9.98. The van der Waals surface area contributed by atoms with Crippen LogP contribution in [0.25, 0.3) is 10.4 Å². The number of aliphatic hydroxyl groups excluding tert-OH is 2. The Morgan fingerprint density at radius 1 is 0.929 bits per heavy atom. The second kappa shape index (κ2) is 15.9. The van der Waals surface area contributed by atoms with Crippen LogP contribution < -0.4 is 0 Å². The zero-order valence-corrected chi connectivity index (χ0v) is 17.2. The highest BCUT2D eigenvalue weighted by Crippen LogP contribution is 2.27. The molecule has 9 nitrogen and oxygen atoms in total. The van der Waals surface area contributed by atoms with Crippen molar-refractivity contribution >= 4 is 0 Å². The molecule has 1 aliphatic heterocycles. The average Bonchev–Trinajstić information content (AvgIpc) is 2.70. The minimum Gasteiger partial charge on any atom is -0.394 e. The van der Waals surface area contributed by atoms with E-state index in [0.29, 0.717) is 26.4 Å². The summed E-state index contributed by atoms with van der Waals surface area (Å²) in [5.74, 6) is 0. The molecule has 0 bridgehead atoms. The standard InChI is InChI=1S/C19H37N3O6/c1-3-5-11-25-17-16(24)15(14-23)28-19(18(17)26-12-6-4-2)27-13-9-7-8-10-21-22-20/h15-19,23-24H,3-14H2,1-2H3/t15?,16-,17-,18?,19-/m0/s1. The van der Waals surface area contributed by atoms with Gasteiger partial charge in [0.1, 0.15) is 24.4 Å². The second-order valence-electron chi connectivity index (χ2n) is 6.98. The monoisotopic (exact) mass is 403 g/mol. The number of hydrogen-bond acceptors (Lipinski definition) is 7. The topological polar surface area (TPSA) is 126 Å². The summed E-state index contributed by atoms with van der Waals surface area (Å²) in [6.45, 7) is 5.80. The van der Waals surface area contributed by atoms with Crippen LogP contribution in [0.3, 0.4) is 0 Å². The van der Waals surface area contributed by atoms with Crippen LogP contribution >= 0.6 is 0 Å². The van der Waals surface area contributed by atoms with Gasteiger partial charge in [-0.15, -0.1) is 0 Å². The molecule has 0 spiro atoms. The van der Waals surface area contributed by atoms with E-state index in [4.69, 9.17) is 24.5 Å². The molecule has 1 fully saturated rings. The summed E-state index contributed by atoms with van der Waals surface area (Å²) >= 11 is 0. The minimum atomic E-state index is -0.975. The summed E-state index contributed by atoms with van der Waals surface area (Å²) in [6, 6.07) is 0. The Hall–Kier alpha value is -0.930. The van der Waals surface area contributed by atoms with E-state index < -0.39 is 30.7 Å². The zero-order chi connectivity index (χ0) is 20.6. The summed E-state index contributed by atoms with van der Waals surface area (Å²) < 4.78 is 23.6. The van der Waals surface area contributed by atoms with Gasteiger partial charge in [0.2, 0.25) is 0 Å². The lowest BCUT2D eigenvalue weighted by Crippen LogP contribution is -2.61. The quantitative estimate of drug-likeness (QED) is 0.177. The van der Waals surface area contributed by atoms with Gasteiger partial charge in [-0.05, 0) is 31.2 Å². The van der Waals surface area contributed by atoms with Gasteiger partial charge in [-0.25, -0.2) is 0 Å². The fourth-order valence-electron chi connectivity index (χ4n) is 2.98. The van der Waals surface area contributed by atoms with E-state index >= 15 is 0 Å². The van der Waals surface area contributed by atoms with Crippen LogP contribution in [-0.2, 0) is 18.9 Å². The van der Waals surface area contributed by atoms with Crippen LogP contribution in [0.2, 0.25) is 0 Å². The van der Waals surface area contributed by atoms with E-state index in [2.05, 4.69) is 23.9 Å². The van der Waals surface area contributed by atoms with Crippen molar-refractivity contribution in [3.63, 3.8) is 0 Å². The fraction of sp³-hybridized carbons (Fsp3) is 1.00. The third-order valence-corrected chi connectivity index (χ3v) is 4.66. The number of hydrogen-bond donors (Lipinski definition) is 2. The van der Waals surface area contributed by atoms with Crippen LogP contribution in [0.5, 0.6) is 0 Å². The van der Waals surface area contributed by atoms with Crippen molar-refractivity contribution in [2.24, 2.45) is 5.11 Å². The maximum atomic E-state index is 10.6. The Balaban J connectivity index is 2.66. The third-order valence-electron chi connectivity index (χ3n) is 4.66. The molecule has 0 saturated carbocycles. The first-order chi connectivity index (χ1) is 13.7. The molecule has 5 atom stereocenters. The number of rotatable bonds is 16. The normalized spacial score (nSPS) is 27.5. The second-order valence-corrected chi connectivity index (χ2v) is 6.98. The molecule has 1 rings (SSSR count). The van der Waals surface area contributed by atoms with Crippen molar-refractivity contribution < 1.29 is 29.2 Å². The van der Waals surface area contributed by atoms with Gasteiger partial charge < -0.3 is 29.2 Å². The number of unbranched alkanes of at least 4 members (excludes halogenated alkanes) is 4. The van der Waals surface area contributed by atoms with Crippen LogP contribution in [0, 0.1) is 0 Å². The predicted octanol–water partition coefficient (Wildman–Crippen LogP) is 2.93. The first-order valence-electron chi connectivity index (χ1n) is 10.5. The largest absolute Gasteiger partial charge is 0.394 e. The smallest absolute Gasteiger partial charge is 0.186 e. The average molecular weight is 404 g/mol. The lowest BCUT2D eigenvalue weighted by molar-refractivity contribution is -0.316. The summed E-state index contributed by atoms with van der Waals surface area (Å²) in [7, 11) is 0. The summed E-state index contributed by atoms with van der Waals surface area (Å²) in [4.78, 5) is 2.73. The highest BCUT2D eigenvalue weighted by atomic mass is 16.7. The highest BCUT2D eigenvalue weighted by molar-refractivity contribution is 4.91. The summed E-state index contributed by atoms with van der Waals surface area (Å²) in [5, 5.41) is 23.7. The number of nitrogens with zero attached hydrogens (tertiary/aromatic N) is 3. The first kappa shape index (κ1) is 25.1. The molecule has 0 amide bonds. The van der Waals surface area contributed by atoms with Crippen molar-refractivity contribution in [2.75, 3.05) is 33.0 Å². The van der Waals surface area contributed by atoms with Crippen molar-refractivity contribution in [1.29, 1.82) is 0 Å². The Bertz CT molecular complexity index is 436. The maximum Gasteiger partial charge on any atom is 0.186 e. The van der Waals surface area contributed by atoms with Gasteiger partial charge in [0, 0.05) is 31.3 Å². The van der Waals surface area contributed by atoms with E-state index in [0.717, 1.165) is 44.9 Å². The Labute approximate surface area is 167 Å². The molecular formula is C19H37N3O6. The molecular weight excluding hydrogens is 366 g/mol. The first-order valence-corrected chi connectivity index (χ1v) is 10.5. The number of ether oxygens (including phenoxy) is 4. The Morgan fingerprint density at radius 2 is 1.57 bits per heavy atom. The molecule has 2 N–H and O–H groups in total. The lowest BCUT2D eigenvalue weighted by Gasteiger charge is -2.43. The fourth-order valence-corrected chi connectivity index (χ4v) is 2.98. The van der Waals surface area contributed by atoms with Crippen LogP contribution in [-0.4, -0.2) is 73.9 Å². The summed E-state index contributed by atoms with van der Waals surface area (Å²) in [5.41, 5.74) is 8.28. The maximum absolute atomic E-state index is 10.6. The summed E-state index contributed by atoms with van der Waals surface area (Å²) in [6.07, 6.45) is 2.60. The van der Waals surface area contributed by atoms with E-state index in [1.54, 1.807) is 0 Å². The van der Waals surface area contributed by atoms with Crippen molar-refractivity contribution in [3.05, 3.63) is 10.4 Å². The number of azide groups is 1. The van der Waals surface area contributed by atoms with Gasteiger partial charge in [0.05, 0.1) is 6.61 Å². The molecule has 2 unspecified atom stereocenters. The molecule has 0 aromatic carbocycles. The van der Waals surface area contributed by atoms with Gasteiger partial charge in [-0.2, -0.15) is 0 Å². The van der Waals surface area contributed by atoms with Crippen molar-refractivity contribution in [2.45, 2.75) is 89.5 Å². The van der Waals surface area contributed by atoms with Crippen LogP contribution in [0.15, 0.2) is 5.11 Å². The Morgan fingerprint density at radius 3 is 2.18 bits per heavy atom. The molecule has 1 saturated heterocycles. The van der Waals surface area contributed by atoms with E-state index in [1.165, 1.54) is 0 Å². The zero-order valence-electron chi connectivity index (χ0n) is 17.2. The van der Waals surface area contributed by atoms with E-state index in [-0.39, 0.29) is 6.61 Å². The Kier molecular flexibility index (Phi) is 14.3. The minimum absolute atomic E-state index is 0.317. The molecule has 0 aromatic heterocycles.